The third-order valence-electron chi connectivity index (χ3n) is 6.84. The molecule has 202 valence electrons. The minimum atomic E-state index is -1.23. The van der Waals surface area contributed by atoms with Crippen LogP contribution in [0.4, 0.5) is 11.4 Å². The molecule has 8 heteroatoms. The van der Waals surface area contributed by atoms with Crippen molar-refractivity contribution in [3.05, 3.63) is 77.9 Å². The Kier molecular flexibility index (Phi) is 8.62. The van der Waals surface area contributed by atoms with E-state index < -0.39 is 5.97 Å². The number of carboxylic acids is 1. The summed E-state index contributed by atoms with van der Waals surface area (Å²) in [6, 6.07) is 23.5. The molecule has 40 heavy (non-hydrogen) atoms. The number of aromatic nitrogens is 2. The van der Waals surface area contributed by atoms with Crippen LogP contribution in [0.25, 0.3) is 29.0 Å². The molecule has 0 bridgehead atoms. The predicted molar refractivity (Wildman–Crippen MR) is 157 cm³/mol. The van der Waals surface area contributed by atoms with Gasteiger partial charge in [-0.25, -0.2) is 4.79 Å². The van der Waals surface area contributed by atoms with E-state index in [1.165, 1.54) is 38.2 Å². The zero-order valence-corrected chi connectivity index (χ0v) is 23.2. The van der Waals surface area contributed by atoms with Gasteiger partial charge in [0.1, 0.15) is 11.6 Å². The number of anilines is 2. The van der Waals surface area contributed by atoms with Gasteiger partial charge in [-0.1, -0.05) is 75.1 Å². The van der Waals surface area contributed by atoms with Crippen molar-refractivity contribution in [1.29, 1.82) is 5.26 Å². The predicted octanol–water partition coefficient (Wildman–Crippen LogP) is 8.36. The van der Waals surface area contributed by atoms with Crippen molar-refractivity contribution in [2.45, 2.75) is 55.2 Å². The summed E-state index contributed by atoms with van der Waals surface area (Å²) >= 11 is 1.61. The van der Waals surface area contributed by atoms with Crippen molar-refractivity contribution in [2.24, 2.45) is 0 Å². The van der Waals surface area contributed by atoms with E-state index in [1.807, 2.05) is 54.6 Å². The fourth-order valence-corrected chi connectivity index (χ4v) is 5.95. The van der Waals surface area contributed by atoms with Crippen molar-refractivity contribution in [3.8, 4) is 29.0 Å². The molecule has 0 unspecified atom stereocenters. The molecule has 4 aromatic rings. The van der Waals surface area contributed by atoms with Gasteiger partial charge in [0, 0.05) is 27.5 Å². The Hall–Kier alpha value is -4.35. The van der Waals surface area contributed by atoms with Gasteiger partial charge in [-0.15, -0.1) is 10.2 Å². The van der Waals surface area contributed by atoms with E-state index in [2.05, 4.69) is 34.2 Å². The van der Waals surface area contributed by atoms with Gasteiger partial charge < -0.3 is 14.4 Å². The second-order valence-corrected chi connectivity index (χ2v) is 10.8. The molecule has 0 aliphatic carbocycles. The highest BCUT2D eigenvalue weighted by molar-refractivity contribution is 7.99. The Morgan fingerprint density at radius 3 is 2.33 bits per heavy atom. The van der Waals surface area contributed by atoms with Gasteiger partial charge >= 0.3 is 5.97 Å². The van der Waals surface area contributed by atoms with E-state index in [0.717, 1.165) is 45.3 Å². The summed E-state index contributed by atoms with van der Waals surface area (Å²) in [5.41, 5.74) is 4.27. The van der Waals surface area contributed by atoms with E-state index in [0.29, 0.717) is 17.3 Å². The molecule has 2 heterocycles. The highest BCUT2D eigenvalue weighted by atomic mass is 32.2. The quantitative estimate of drug-likeness (QED) is 0.113. The maximum atomic E-state index is 11.4. The van der Waals surface area contributed by atoms with Gasteiger partial charge in [0.25, 0.3) is 0 Å². The highest BCUT2D eigenvalue weighted by Gasteiger charge is 2.25. The van der Waals surface area contributed by atoms with Crippen LogP contribution in [0, 0.1) is 11.3 Å². The van der Waals surface area contributed by atoms with E-state index in [4.69, 9.17) is 4.42 Å². The first-order valence-electron chi connectivity index (χ1n) is 13.5. The monoisotopic (exact) mass is 550 g/mol. The summed E-state index contributed by atoms with van der Waals surface area (Å²) < 4.78 is 6.01. The number of benzene rings is 3. The molecule has 1 aromatic heterocycles. The van der Waals surface area contributed by atoms with Crippen LogP contribution in [0.3, 0.4) is 0 Å². The fraction of sp³-hybridized carbons (Fsp3) is 0.250. The number of unbranched alkanes of at least 4 members (excludes halogenated alkanes) is 5. The Balaban J connectivity index is 1.46. The summed E-state index contributed by atoms with van der Waals surface area (Å²) in [6.07, 6.45) is 8.64. The standard InChI is InChI=1S/C32H30N4O3S/c1-2-3-4-5-6-10-17-36-26-15-13-22(18-25(21-33)32(37)38)19-28(26)40-29-20-24(14-16-27(29)36)31-35-34-30(39-31)23-11-8-7-9-12-23/h7-9,11-16,18-20H,2-6,10,17H2,1H3,(H,37,38). The SMILES string of the molecule is CCCCCCCCN1c2ccc(C=C(C#N)C(=O)O)cc2Sc2cc(-c3nnc(-c4ccccc4)o3)ccc21. The van der Waals surface area contributed by atoms with Crippen LogP contribution >= 0.6 is 11.8 Å². The molecule has 0 amide bonds. The van der Waals surface area contributed by atoms with Crippen LogP contribution in [0.2, 0.25) is 0 Å². The molecule has 1 aliphatic rings. The number of nitrogens with zero attached hydrogens (tertiary/aromatic N) is 4. The maximum Gasteiger partial charge on any atom is 0.346 e. The lowest BCUT2D eigenvalue weighted by Gasteiger charge is -2.33. The molecule has 1 N–H and O–H groups in total. The molecule has 7 nitrogen and oxygen atoms in total. The largest absolute Gasteiger partial charge is 0.477 e. The first kappa shape index (κ1) is 27.2. The summed E-state index contributed by atoms with van der Waals surface area (Å²) in [4.78, 5) is 15.8. The fourth-order valence-electron chi connectivity index (χ4n) is 4.76. The van der Waals surface area contributed by atoms with Gasteiger partial charge in [-0.2, -0.15) is 5.26 Å². The lowest BCUT2D eigenvalue weighted by molar-refractivity contribution is -0.132. The molecule has 3 aromatic carbocycles. The smallest absolute Gasteiger partial charge is 0.346 e. The van der Waals surface area contributed by atoms with Gasteiger partial charge in [-0.05, 0) is 60.5 Å². The Labute approximate surface area is 238 Å². The third kappa shape index (κ3) is 6.11. The van der Waals surface area contributed by atoms with Crippen molar-refractivity contribution in [3.63, 3.8) is 0 Å². The maximum absolute atomic E-state index is 11.4. The third-order valence-corrected chi connectivity index (χ3v) is 7.93. The second kappa shape index (κ2) is 12.7. The number of fused-ring (bicyclic) bond motifs is 2. The molecular weight excluding hydrogens is 520 g/mol. The minimum absolute atomic E-state index is 0.294. The average Bonchev–Trinajstić information content (AvgIpc) is 3.47. The van der Waals surface area contributed by atoms with Crippen LogP contribution in [0.5, 0.6) is 0 Å². The molecular formula is C32H30N4O3S. The number of aliphatic carboxylic acids is 1. The topological polar surface area (TPSA) is 103 Å². The van der Waals surface area contributed by atoms with Gasteiger partial charge in [0.15, 0.2) is 0 Å². The molecule has 0 spiro atoms. The van der Waals surface area contributed by atoms with Crippen LogP contribution in [0.15, 0.2) is 86.5 Å². The lowest BCUT2D eigenvalue weighted by atomic mass is 10.1. The summed E-state index contributed by atoms with van der Waals surface area (Å²) in [7, 11) is 0. The van der Waals surface area contributed by atoms with E-state index in [1.54, 1.807) is 17.8 Å². The Bertz CT molecular complexity index is 1570. The van der Waals surface area contributed by atoms with Gasteiger partial charge in [0.2, 0.25) is 11.8 Å². The first-order valence-corrected chi connectivity index (χ1v) is 14.4. The number of hydrogen-bond donors (Lipinski definition) is 1. The number of carbonyl (C=O) groups is 1. The van der Waals surface area contributed by atoms with Crippen molar-refractivity contribution in [2.75, 3.05) is 11.4 Å². The molecule has 0 saturated carbocycles. The Morgan fingerprint density at radius 2 is 1.60 bits per heavy atom. The van der Waals surface area contributed by atoms with E-state index >= 15 is 0 Å². The number of carboxylic acid groups (broad SMARTS) is 1. The van der Waals surface area contributed by atoms with Crippen molar-refractivity contribution in [1.82, 2.24) is 10.2 Å². The molecule has 1 aliphatic heterocycles. The number of nitriles is 1. The van der Waals surface area contributed by atoms with E-state index in [9.17, 15) is 15.2 Å². The second-order valence-electron chi connectivity index (χ2n) is 9.68. The number of rotatable bonds is 11. The van der Waals surface area contributed by atoms with Crippen LogP contribution in [0.1, 0.15) is 51.0 Å². The summed E-state index contributed by atoms with van der Waals surface area (Å²) in [6.45, 7) is 3.10. The molecule has 0 radical (unpaired) electrons. The molecule has 0 atom stereocenters. The zero-order valence-electron chi connectivity index (χ0n) is 22.3. The van der Waals surface area contributed by atoms with Crippen molar-refractivity contribution >= 4 is 35.2 Å². The van der Waals surface area contributed by atoms with Crippen LogP contribution in [-0.4, -0.2) is 27.8 Å². The minimum Gasteiger partial charge on any atom is -0.477 e. The average molecular weight is 551 g/mol. The molecule has 5 rings (SSSR count). The number of hydrogen-bond acceptors (Lipinski definition) is 7. The first-order chi connectivity index (χ1) is 19.6. The normalized spacial score (nSPS) is 12.5. The molecule has 0 saturated heterocycles. The zero-order chi connectivity index (χ0) is 27.9. The summed E-state index contributed by atoms with van der Waals surface area (Å²) in [5, 5.41) is 27.1. The van der Waals surface area contributed by atoms with Crippen LogP contribution < -0.4 is 4.90 Å². The Morgan fingerprint density at radius 1 is 0.925 bits per heavy atom. The van der Waals surface area contributed by atoms with Crippen molar-refractivity contribution < 1.29 is 14.3 Å². The lowest BCUT2D eigenvalue weighted by Crippen LogP contribution is -2.22. The van der Waals surface area contributed by atoms with Crippen LogP contribution in [-0.2, 0) is 4.79 Å². The van der Waals surface area contributed by atoms with E-state index in [-0.39, 0.29) is 5.57 Å². The van der Waals surface area contributed by atoms with Gasteiger partial charge in [0.05, 0.1) is 11.4 Å². The molecule has 0 fully saturated rings. The highest BCUT2D eigenvalue weighted by Crippen LogP contribution is 2.49. The summed E-state index contributed by atoms with van der Waals surface area (Å²) in [5.74, 6) is -0.312. The van der Waals surface area contributed by atoms with Gasteiger partial charge in [-0.3, -0.25) is 0 Å².